The maximum atomic E-state index is 11.9. The summed E-state index contributed by atoms with van der Waals surface area (Å²) in [5, 5.41) is 11.4. The molecule has 1 rings (SSSR count). The number of carbonyl (C=O) groups is 2. The molecule has 1 aromatic carbocycles. The van der Waals surface area contributed by atoms with Gasteiger partial charge in [0.15, 0.2) is 0 Å². The molecule has 6 nitrogen and oxygen atoms in total. The minimum Gasteiger partial charge on any atom is -0.481 e. The lowest BCUT2D eigenvalue weighted by Gasteiger charge is -2.20. The third-order valence-electron chi connectivity index (χ3n) is 3.11. The first-order valence-corrected chi connectivity index (χ1v) is 7.60. The van der Waals surface area contributed by atoms with Crippen LogP contribution < -0.4 is 5.32 Å². The largest absolute Gasteiger partial charge is 0.481 e. The minimum absolute atomic E-state index is 0.0659. The van der Waals surface area contributed by atoms with Gasteiger partial charge in [0, 0.05) is 20.1 Å². The molecule has 2 amide bonds. The summed E-state index contributed by atoms with van der Waals surface area (Å²) in [4.78, 5) is 23.7. The summed E-state index contributed by atoms with van der Waals surface area (Å²) in [7, 11) is 1.58. The zero-order chi connectivity index (χ0) is 17.5. The molecule has 0 fully saturated rings. The van der Waals surface area contributed by atoms with Gasteiger partial charge in [-0.1, -0.05) is 24.3 Å². The van der Waals surface area contributed by atoms with Gasteiger partial charge < -0.3 is 20.1 Å². The molecule has 0 bridgehead atoms. The Labute approximate surface area is 137 Å². The fourth-order valence-electron chi connectivity index (χ4n) is 1.81. The number of carboxylic acid groups (broad SMARTS) is 1. The van der Waals surface area contributed by atoms with E-state index < -0.39 is 5.97 Å². The van der Waals surface area contributed by atoms with E-state index in [0.29, 0.717) is 13.2 Å². The quantitative estimate of drug-likeness (QED) is 0.809. The zero-order valence-corrected chi connectivity index (χ0v) is 14.3. The van der Waals surface area contributed by atoms with Crippen LogP contribution in [-0.2, 0) is 22.7 Å². The highest BCUT2D eigenvalue weighted by molar-refractivity contribution is 5.75. The molecule has 2 N–H and O–H groups in total. The van der Waals surface area contributed by atoms with Crippen molar-refractivity contribution in [3.8, 4) is 0 Å². The Balaban J connectivity index is 2.48. The third kappa shape index (κ3) is 8.21. The molecule has 0 aliphatic carbocycles. The number of benzene rings is 1. The fourth-order valence-corrected chi connectivity index (χ4v) is 1.81. The van der Waals surface area contributed by atoms with Crippen LogP contribution in [0.25, 0.3) is 0 Å². The van der Waals surface area contributed by atoms with Crippen LogP contribution in [0, 0.1) is 0 Å². The molecule has 0 aliphatic heterocycles. The first kappa shape index (κ1) is 19.0. The second-order valence-corrected chi connectivity index (χ2v) is 6.44. The summed E-state index contributed by atoms with van der Waals surface area (Å²) in [6.07, 6.45) is -0.0659. The molecule has 0 atom stereocenters. The second-order valence-electron chi connectivity index (χ2n) is 6.44. The van der Waals surface area contributed by atoms with Gasteiger partial charge in [-0.05, 0) is 31.9 Å². The smallest absolute Gasteiger partial charge is 0.317 e. The molecule has 0 aromatic heterocycles. The molecule has 23 heavy (non-hydrogen) atoms. The monoisotopic (exact) mass is 322 g/mol. The topological polar surface area (TPSA) is 78.9 Å². The molecule has 0 unspecified atom stereocenters. The van der Waals surface area contributed by atoms with Crippen molar-refractivity contribution in [2.45, 2.75) is 45.9 Å². The van der Waals surface area contributed by atoms with Gasteiger partial charge in [0.25, 0.3) is 0 Å². The van der Waals surface area contributed by atoms with Crippen LogP contribution in [-0.4, -0.2) is 41.2 Å². The number of hydrogen-bond acceptors (Lipinski definition) is 3. The van der Waals surface area contributed by atoms with E-state index in [0.717, 1.165) is 11.1 Å². The third-order valence-corrected chi connectivity index (χ3v) is 3.11. The number of ether oxygens (including phenoxy) is 1. The summed E-state index contributed by atoms with van der Waals surface area (Å²) < 4.78 is 5.74. The van der Waals surface area contributed by atoms with E-state index in [1.54, 1.807) is 7.05 Å². The molecule has 128 valence electrons. The van der Waals surface area contributed by atoms with Gasteiger partial charge in [-0.25, -0.2) is 4.79 Å². The molecule has 0 heterocycles. The Morgan fingerprint density at radius 1 is 1.26 bits per heavy atom. The van der Waals surface area contributed by atoms with Gasteiger partial charge in [-0.3, -0.25) is 4.79 Å². The molecular formula is C17H26N2O4. The van der Waals surface area contributed by atoms with Crippen molar-refractivity contribution in [2.24, 2.45) is 0 Å². The number of rotatable bonds is 7. The SMILES string of the molecule is CN(CCC(=O)O)C(=O)NCc1cccc(COC(C)(C)C)c1. The lowest BCUT2D eigenvalue weighted by molar-refractivity contribution is -0.137. The number of nitrogens with one attached hydrogen (secondary N) is 1. The van der Waals surface area contributed by atoms with Crippen LogP contribution >= 0.6 is 0 Å². The average Bonchev–Trinajstić information content (AvgIpc) is 2.48. The van der Waals surface area contributed by atoms with Crippen LogP contribution in [0.1, 0.15) is 38.3 Å². The van der Waals surface area contributed by atoms with Gasteiger partial charge in [0.1, 0.15) is 0 Å². The zero-order valence-electron chi connectivity index (χ0n) is 14.3. The van der Waals surface area contributed by atoms with Gasteiger partial charge in [-0.15, -0.1) is 0 Å². The standard InChI is InChI=1S/C17H26N2O4/c1-17(2,3)23-12-14-7-5-6-13(10-14)11-18-16(22)19(4)9-8-15(20)21/h5-7,10H,8-9,11-12H2,1-4H3,(H,18,22)(H,20,21). The van der Waals surface area contributed by atoms with Crippen molar-refractivity contribution in [3.05, 3.63) is 35.4 Å². The van der Waals surface area contributed by atoms with Crippen molar-refractivity contribution in [1.29, 1.82) is 0 Å². The maximum Gasteiger partial charge on any atom is 0.317 e. The molecular weight excluding hydrogens is 296 g/mol. The summed E-state index contributed by atoms with van der Waals surface area (Å²) in [6, 6.07) is 7.54. The molecule has 0 radical (unpaired) electrons. The Hall–Kier alpha value is -2.08. The van der Waals surface area contributed by atoms with Crippen LogP contribution in [0.5, 0.6) is 0 Å². The number of carbonyl (C=O) groups excluding carboxylic acids is 1. The highest BCUT2D eigenvalue weighted by atomic mass is 16.5. The van der Waals surface area contributed by atoms with Crippen LogP contribution in [0.15, 0.2) is 24.3 Å². The Kier molecular flexibility index (Phi) is 7.03. The van der Waals surface area contributed by atoms with Crippen LogP contribution in [0.2, 0.25) is 0 Å². The highest BCUT2D eigenvalue weighted by Gasteiger charge is 2.11. The molecule has 0 saturated carbocycles. The summed E-state index contributed by atoms with van der Waals surface area (Å²) in [6.45, 7) is 7.10. The lowest BCUT2D eigenvalue weighted by Crippen LogP contribution is -2.38. The van der Waals surface area contributed by atoms with E-state index in [1.807, 2.05) is 45.0 Å². The molecule has 0 saturated heterocycles. The van der Waals surface area contributed by atoms with E-state index in [4.69, 9.17) is 9.84 Å². The van der Waals surface area contributed by atoms with Gasteiger partial charge in [-0.2, -0.15) is 0 Å². The number of hydrogen-bond donors (Lipinski definition) is 2. The number of amides is 2. The Morgan fingerprint density at radius 3 is 2.52 bits per heavy atom. The summed E-state index contributed by atoms with van der Waals surface area (Å²) in [5.74, 6) is -0.920. The van der Waals surface area contributed by atoms with E-state index in [9.17, 15) is 9.59 Å². The van der Waals surface area contributed by atoms with Crippen molar-refractivity contribution in [3.63, 3.8) is 0 Å². The highest BCUT2D eigenvalue weighted by Crippen LogP contribution is 2.13. The van der Waals surface area contributed by atoms with E-state index in [2.05, 4.69) is 5.32 Å². The molecule has 0 aliphatic rings. The fraction of sp³-hybridized carbons (Fsp3) is 0.529. The maximum absolute atomic E-state index is 11.9. The number of aliphatic carboxylic acids is 1. The molecule has 0 spiro atoms. The Morgan fingerprint density at radius 2 is 1.91 bits per heavy atom. The molecule has 1 aromatic rings. The van der Waals surface area contributed by atoms with Crippen molar-refractivity contribution in [2.75, 3.05) is 13.6 Å². The number of nitrogens with zero attached hydrogens (tertiary/aromatic N) is 1. The Bertz CT molecular complexity index is 538. The normalized spacial score (nSPS) is 11.1. The first-order chi connectivity index (χ1) is 10.7. The number of carboxylic acids is 1. The first-order valence-electron chi connectivity index (χ1n) is 7.60. The second kappa shape index (κ2) is 8.53. The molecule has 6 heteroatoms. The van der Waals surface area contributed by atoms with Crippen LogP contribution in [0.4, 0.5) is 4.79 Å². The van der Waals surface area contributed by atoms with Crippen molar-refractivity contribution >= 4 is 12.0 Å². The van der Waals surface area contributed by atoms with Crippen molar-refractivity contribution in [1.82, 2.24) is 10.2 Å². The van der Waals surface area contributed by atoms with E-state index in [-0.39, 0.29) is 24.6 Å². The predicted molar refractivity (Wildman–Crippen MR) is 88.1 cm³/mol. The van der Waals surface area contributed by atoms with Gasteiger partial charge >= 0.3 is 12.0 Å². The summed E-state index contributed by atoms with van der Waals surface area (Å²) >= 11 is 0. The lowest BCUT2D eigenvalue weighted by atomic mass is 10.1. The minimum atomic E-state index is -0.920. The van der Waals surface area contributed by atoms with E-state index in [1.165, 1.54) is 4.90 Å². The number of urea groups is 1. The van der Waals surface area contributed by atoms with E-state index >= 15 is 0 Å². The van der Waals surface area contributed by atoms with Gasteiger partial charge in [0.2, 0.25) is 0 Å². The van der Waals surface area contributed by atoms with Crippen molar-refractivity contribution < 1.29 is 19.4 Å². The van der Waals surface area contributed by atoms with Gasteiger partial charge in [0.05, 0.1) is 18.6 Å². The average molecular weight is 322 g/mol. The van der Waals surface area contributed by atoms with Crippen LogP contribution in [0.3, 0.4) is 0 Å². The summed E-state index contributed by atoms with van der Waals surface area (Å²) in [5.41, 5.74) is 1.82. The predicted octanol–water partition coefficient (Wildman–Crippen LogP) is 2.62.